The Balaban J connectivity index is 1.57. The van der Waals surface area contributed by atoms with Crippen molar-refractivity contribution in [3.63, 3.8) is 0 Å². The Kier molecular flexibility index (Phi) is 4.80. The van der Waals surface area contributed by atoms with E-state index in [2.05, 4.69) is 11.4 Å². The predicted molar refractivity (Wildman–Crippen MR) is 97.2 cm³/mol. The first kappa shape index (κ1) is 16.1. The van der Waals surface area contributed by atoms with Crippen molar-refractivity contribution < 1.29 is 9.53 Å². The first-order valence-electron chi connectivity index (χ1n) is 8.09. The Labute approximate surface area is 142 Å². The van der Waals surface area contributed by atoms with Gasteiger partial charge in [-0.2, -0.15) is 0 Å². The molecule has 3 heteroatoms. The average molecular weight is 319 g/mol. The maximum absolute atomic E-state index is 12.1. The minimum atomic E-state index is -0.128. The number of rotatable bonds is 5. The number of ether oxygens (including phenoxy) is 1. The molecule has 0 aliphatic carbocycles. The summed E-state index contributed by atoms with van der Waals surface area (Å²) in [6.07, 6.45) is 0. The summed E-state index contributed by atoms with van der Waals surface area (Å²) in [5.41, 5.74) is 2.29. The van der Waals surface area contributed by atoms with Gasteiger partial charge >= 0.3 is 0 Å². The number of carbonyl (C=O) groups is 1. The Morgan fingerprint density at radius 2 is 1.71 bits per heavy atom. The quantitative estimate of drug-likeness (QED) is 0.757. The number of benzene rings is 3. The van der Waals surface area contributed by atoms with Crippen LogP contribution in [0.5, 0.6) is 5.75 Å². The lowest BCUT2D eigenvalue weighted by molar-refractivity contribution is -0.123. The van der Waals surface area contributed by atoms with Gasteiger partial charge in [0, 0.05) is 0 Å². The van der Waals surface area contributed by atoms with Gasteiger partial charge < -0.3 is 10.1 Å². The van der Waals surface area contributed by atoms with Gasteiger partial charge in [0.25, 0.3) is 5.91 Å². The van der Waals surface area contributed by atoms with Crippen molar-refractivity contribution in [1.29, 1.82) is 0 Å². The number of aryl methyl sites for hydroxylation is 1. The topological polar surface area (TPSA) is 38.3 Å². The lowest BCUT2D eigenvalue weighted by Crippen LogP contribution is -2.31. The third kappa shape index (κ3) is 3.93. The van der Waals surface area contributed by atoms with Crippen LogP contribution in [-0.4, -0.2) is 12.5 Å². The number of amides is 1. The molecule has 3 nitrogen and oxygen atoms in total. The van der Waals surface area contributed by atoms with E-state index in [0.717, 1.165) is 16.3 Å². The summed E-state index contributed by atoms with van der Waals surface area (Å²) in [7, 11) is 0. The first-order chi connectivity index (χ1) is 11.6. The number of hydrogen-bond donors (Lipinski definition) is 1. The van der Waals surface area contributed by atoms with E-state index in [1.54, 1.807) is 0 Å². The maximum Gasteiger partial charge on any atom is 0.258 e. The number of hydrogen-bond acceptors (Lipinski definition) is 2. The zero-order valence-corrected chi connectivity index (χ0v) is 14.0. The molecule has 0 aliphatic rings. The van der Waals surface area contributed by atoms with Crippen molar-refractivity contribution in [2.24, 2.45) is 0 Å². The summed E-state index contributed by atoms with van der Waals surface area (Å²) in [6.45, 7) is 4.03. The second kappa shape index (κ2) is 7.18. The second-order valence-corrected chi connectivity index (χ2v) is 6.00. The molecule has 0 unspecified atom stereocenters. The van der Waals surface area contributed by atoms with Crippen LogP contribution < -0.4 is 10.1 Å². The Hall–Kier alpha value is -2.81. The molecule has 1 amide bonds. The molecule has 1 N–H and O–H groups in total. The molecule has 3 aromatic carbocycles. The Morgan fingerprint density at radius 3 is 2.46 bits per heavy atom. The molecule has 24 heavy (non-hydrogen) atoms. The van der Waals surface area contributed by atoms with Crippen LogP contribution >= 0.6 is 0 Å². The molecular formula is C21H21NO2. The molecule has 0 aromatic heterocycles. The molecule has 0 saturated carbocycles. The van der Waals surface area contributed by atoms with Gasteiger partial charge in [-0.3, -0.25) is 4.79 Å². The van der Waals surface area contributed by atoms with Crippen LogP contribution in [0.25, 0.3) is 10.8 Å². The third-order valence-electron chi connectivity index (χ3n) is 4.05. The highest BCUT2D eigenvalue weighted by molar-refractivity contribution is 5.84. The number of carbonyl (C=O) groups excluding carboxylic acids is 1. The van der Waals surface area contributed by atoms with E-state index in [0.29, 0.717) is 5.75 Å². The molecule has 0 saturated heterocycles. The summed E-state index contributed by atoms with van der Waals surface area (Å²) < 4.78 is 5.62. The van der Waals surface area contributed by atoms with Crippen molar-refractivity contribution in [1.82, 2.24) is 5.32 Å². The number of fused-ring (bicyclic) bond motifs is 1. The van der Waals surface area contributed by atoms with E-state index in [-0.39, 0.29) is 18.6 Å². The van der Waals surface area contributed by atoms with Gasteiger partial charge in [-0.1, -0.05) is 60.2 Å². The molecule has 0 heterocycles. The van der Waals surface area contributed by atoms with Gasteiger partial charge in [0.15, 0.2) is 6.61 Å². The summed E-state index contributed by atoms with van der Waals surface area (Å²) in [6, 6.07) is 22.0. The zero-order chi connectivity index (χ0) is 16.9. The summed E-state index contributed by atoms with van der Waals surface area (Å²) in [5.74, 6) is 0.572. The van der Waals surface area contributed by atoms with Crippen LogP contribution in [0.1, 0.15) is 24.1 Å². The SMILES string of the molecule is Cc1ccc([C@@H](C)NC(=O)COc2ccc3ccccc3c2)cc1. The second-order valence-electron chi connectivity index (χ2n) is 6.00. The fourth-order valence-corrected chi connectivity index (χ4v) is 2.63. The molecule has 1 atom stereocenters. The van der Waals surface area contributed by atoms with Gasteiger partial charge in [-0.05, 0) is 42.3 Å². The van der Waals surface area contributed by atoms with Crippen molar-refractivity contribution in [3.05, 3.63) is 77.9 Å². The largest absolute Gasteiger partial charge is 0.484 e. The smallest absolute Gasteiger partial charge is 0.258 e. The number of nitrogens with one attached hydrogen (secondary N) is 1. The lowest BCUT2D eigenvalue weighted by atomic mass is 10.1. The lowest BCUT2D eigenvalue weighted by Gasteiger charge is -2.15. The fourth-order valence-electron chi connectivity index (χ4n) is 2.63. The van der Waals surface area contributed by atoms with Crippen LogP contribution in [0.15, 0.2) is 66.7 Å². The highest BCUT2D eigenvalue weighted by Gasteiger charge is 2.10. The minimum Gasteiger partial charge on any atom is -0.484 e. The van der Waals surface area contributed by atoms with Gasteiger partial charge in [0.2, 0.25) is 0 Å². The molecule has 122 valence electrons. The van der Waals surface area contributed by atoms with Crippen LogP contribution in [0.3, 0.4) is 0 Å². The van der Waals surface area contributed by atoms with E-state index in [4.69, 9.17) is 4.74 Å². The Morgan fingerprint density at radius 1 is 1.00 bits per heavy atom. The predicted octanol–water partition coefficient (Wildman–Crippen LogP) is 4.40. The molecule has 0 radical (unpaired) electrons. The van der Waals surface area contributed by atoms with E-state index < -0.39 is 0 Å². The molecule has 0 aliphatic heterocycles. The molecule has 0 spiro atoms. The summed E-state index contributed by atoms with van der Waals surface area (Å²) in [4.78, 5) is 12.1. The maximum atomic E-state index is 12.1. The monoisotopic (exact) mass is 319 g/mol. The van der Waals surface area contributed by atoms with E-state index >= 15 is 0 Å². The van der Waals surface area contributed by atoms with Crippen LogP contribution in [0.2, 0.25) is 0 Å². The normalized spacial score (nSPS) is 11.9. The average Bonchev–Trinajstić information content (AvgIpc) is 2.60. The van der Waals surface area contributed by atoms with Gasteiger partial charge in [0.1, 0.15) is 5.75 Å². The van der Waals surface area contributed by atoms with Crippen LogP contribution in [0, 0.1) is 6.92 Å². The molecule has 0 bridgehead atoms. The highest BCUT2D eigenvalue weighted by Crippen LogP contribution is 2.20. The fraction of sp³-hybridized carbons (Fsp3) is 0.190. The third-order valence-corrected chi connectivity index (χ3v) is 4.05. The van der Waals surface area contributed by atoms with Crippen LogP contribution in [0.4, 0.5) is 0 Å². The van der Waals surface area contributed by atoms with E-state index in [1.807, 2.05) is 74.5 Å². The molecule has 0 fully saturated rings. The summed E-state index contributed by atoms with van der Waals surface area (Å²) in [5, 5.41) is 5.21. The van der Waals surface area contributed by atoms with Crippen molar-refractivity contribution in [2.75, 3.05) is 6.61 Å². The van der Waals surface area contributed by atoms with Gasteiger partial charge in [0.05, 0.1) is 6.04 Å². The standard InChI is InChI=1S/C21H21NO2/c1-15-7-9-17(10-8-15)16(2)22-21(23)14-24-20-12-11-18-5-3-4-6-19(18)13-20/h3-13,16H,14H2,1-2H3,(H,22,23)/t16-/m1/s1. The van der Waals surface area contributed by atoms with E-state index in [9.17, 15) is 4.79 Å². The van der Waals surface area contributed by atoms with Gasteiger partial charge in [-0.15, -0.1) is 0 Å². The van der Waals surface area contributed by atoms with Crippen molar-refractivity contribution in [2.45, 2.75) is 19.9 Å². The van der Waals surface area contributed by atoms with E-state index in [1.165, 1.54) is 5.56 Å². The molecule has 3 aromatic rings. The highest BCUT2D eigenvalue weighted by atomic mass is 16.5. The molecule has 3 rings (SSSR count). The Bertz CT molecular complexity index is 840. The van der Waals surface area contributed by atoms with Crippen LogP contribution in [-0.2, 0) is 4.79 Å². The minimum absolute atomic E-state index is 0.00847. The zero-order valence-electron chi connectivity index (χ0n) is 14.0. The van der Waals surface area contributed by atoms with Crippen molar-refractivity contribution >= 4 is 16.7 Å². The van der Waals surface area contributed by atoms with Gasteiger partial charge in [-0.25, -0.2) is 0 Å². The van der Waals surface area contributed by atoms with Crippen molar-refractivity contribution in [3.8, 4) is 5.75 Å². The first-order valence-corrected chi connectivity index (χ1v) is 8.09. The summed E-state index contributed by atoms with van der Waals surface area (Å²) >= 11 is 0. The molecular weight excluding hydrogens is 298 g/mol.